The highest BCUT2D eigenvalue weighted by molar-refractivity contribution is 6.01. The minimum absolute atomic E-state index is 0.171. The lowest BCUT2D eigenvalue weighted by atomic mass is 10.2. The van der Waals surface area contributed by atoms with Crippen molar-refractivity contribution in [2.75, 3.05) is 23.5 Å². The van der Waals surface area contributed by atoms with Gasteiger partial charge in [0.25, 0.3) is 0 Å². The second-order valence-electron chi connectivity index (χ2n) is 5.30. The first-order valence-corrected chi connectivity index (χ1v) is 6.81. The van der Waals surface area contributed by atoms with Crippen LogP contribution in [0.25, 0.3) is 0 Å². The summed E-state index contributed by atoms with van der Waals surface area (Å²) in [6.45, 7) is 2.66. The van der Waals surface area contributed by atoms with Crippen LogP contribution in [-0.2, 0) is 11.2 Å². The van der Waals surface area contributed by atoms with Crippen molar-refractivity contribution in [2.24, 2.45) is 0 Å². The number of hydrogen-bond acceptors (Lipinski definition) is 2. The van der Waals surface area contributed by atoms with Crippen LogP contribution in [0.1, 0.15) is 11.1 Å². The number of nitrogens with zero attached hydrogens (tertiary/aromatic N) is 2. The highest BCUT2D eigenvalue weighted by Gasteiger charge is 2.27. The quantitative estimate of drug-likeness (QED) is 0.852. The minimum atomic E-state index is 0.171. The minimum Gasteiger partial charge on any atom is -0.356 e. The third-order valence-electron chi connectivity index (χ3n) is 3.75. The van der Waals surface area contributed by atoms with Gasteiger partial charge in [0.1, 0.15) is 0 Å². The van der Waals surface area contributed by atoms with Crippen molar-refractivity contribution in [1.29, 1.82) is 0 Å². The number of benzene rings is 2. The Balaban J connectivity index is 1.81. The molecular weight excluding hydrogens is 248 g/mol. The average molecular weight is 266 g/mol. The number of carbonyl (C=O) groups is 1. The van der Waals surface area contributed by atoms with Gasteiger partial charge in [-0.2, -0.15) is 0 Å². The number of rotatable bonds is 3. The third-order valence-corrected chi connectivity index (χ3v) is 3.75. The molecule has 0 unspecified atom stereocenters. The predicted octanol–water partition coefficient (Wildman–Crippen LogP) is 2.98. The maximum Gasteiger partial charge on any atom is 0.232 e. The summed E-state index contributed by atoms with van der Waals surface area (Å²) >= 11 is 0. The summed E-state index contributed by atoms with van der Waals surface area (Å²) in [6, 6.07) is 16.4. The zero-order valence-electron chi connectivity index (χ0n) is 11.8. The standard InChI is InChI=1S/C17H18N2O/c1-13-7-9-15(10-8-13)18(2)12-19-16-6-4-3-5-14(16)11-17(19)20/h3-10H,11-12H2,1-2H3. The van der Waals surface area contributed by atoms with Gasteiger partial charge < -0.3 is 4.90 Å². The van der Waals surface area contributed by atoms with Gasteiger partial charge in [0.05, 0.1) is 13.1 Å². The molecule has 1 heterocycles. The first-order chi connectivity index (χ1) is 9.65. The van der Waals surface area contributed by atoms with E-state index in [1.165, 1.54) is 5.56 Å². The van der Waals surface area contributed by atoms with E-state index in [4.69, 9.17) is 0 Å². The molecule has 2 aromatic carbocycles. The van der Waals surface area contributed by atoms with E-state index in [0.717, 1.165) is 16.9 Å². The van der Waals surface area contributed by atoms with Gasteiger partial charge in [-0.1, -0.05) is 35.9 Å². The Morgan fingerprint density at radius 3 is 2.55 bits per heavy atom. The molecule has 0 saturated heterocycles. The number of hydrogen-bond donors (Lipinski definition) is 0. The lowest BCUT2D eigenvalue weighted by molar-refractivity contribution is -0.117. The molecule has 1 amide bonds. The van der Waals surface area contributed by atoms with E-state index in [2.05, 4.69) is 36.1 Å². The van der Waals surface area contributed by atoms with Gasteiger partial charge >= 0.3 is 0 Å². The Bertz CT molecular complexity index is 634. The topological polar surface area (TPSA) is 23.6 Å². The molecule has 0 spiro atoms. The second-order valence-corrected chi connectivity index (χ2v) is 5.30. The molecule has 0 aromatic heterocycles. The normalized spacial score (nSPS) is 13.5. The second kappa shape index (κ2) is 5.00. The van der Waals surface area contributed by atoms with Crippen LogP contribution >= 0.6 is 0 Å². The molecule has 1 aliphatic rings. The monoisotopic (exact) mass is 266 g/mol. The zero-order chi connectivity index (χ0) is 14.1. The number of aryl methyl sites for hydroxylation is 1. The van der Waals surface area contributed by atoms with Gasteiger partial charge in [0.2, 0.25) is 5.91 Å². The van der Waals surface area contributed by atoms with Crippen LogP contribution in [-0.4, -0.2) is 19.6 Å². The molecule has 20 heavy (non-hydrogen) atoms. The number of amides is 1. The van der Waals surface area contributed by atoms with Gasteiger partial charge in [-0.3, -0.25) is 9.69 Å². The van der Waals surface area contributed by atoms with E-state index < -0.39 is 0 Å². The summed E-state index contributed by atoms with van der Waals surface area (Å²) in [4.78, 5) is 16.1. The first-order valence-electron chi connectivity index (χ1n) is 6.81. The van der Waals surface area contributed by atoms with Crippen molar-refractivity contribution < 1.29 is 4.79 Å². The molecule has 0 fully saturated rings. The fourth-order valence-electron chi connectivity index (χ4n) is 2.56. The van der Waals surface area contributed by atoms with Crippen LogP contribution in [0.2, 0.25) is 0 Å². The van der Waals surface area contributed by atoms with Crippen LogP contribution in [0.4, 0.5) is 11.4 Å². The zero-order valence-corrected chi connectivity index (χ0v) is 11.8. The van der Waals surface area contributed by atoms with E-state index in [1.54, 1.807) is 0 Å². The Hall–Kier alpha value is -2.29. The lowest BCUT2D eigenvalue weighted by Crippen LogP contribution is -2.37. The highest BCUT2D eigenvalue weighted by Crippen LogP contribution is 2.29. The smallest absolute Gasteiger partial charge is 0.232 e. The molecule has 0 atom stereocenters. The highest BCUT2D eigenvalue weighted by atomic mass is 16.2. The molecular formula is C17H18N2O. The molecule has 0 radical (unpaired) electrons. The van der Waals surface area contributed by atoms with E-state index in [0.29, 0.717) is 13.1 Å². The summed E-state index contributed by atoms with van der Waals surface area (Å²) in [5, 5.41) is 0. The van der Waals surface area contributed by atoms with Gasteiger partial charge in [0.15, 0.2) is 0 Å². The summed E-state index contributed by atoms with van der Waals surface area (Å²) < 4.78 is 0. The number of fused-ring (bicyclic) bond motifs is 1. The molecule has 102 valence electrons. The number of carbonyl (C=O) groups excluding carboxylic acids is 1. The molecule has 2 aromatic rings. The Labute approximate surface area is 119 Å². The van der Waals surface area contributed by atoms with Crippen LogP contribution < -0.4 is 9.80 Å². The predicted molar refractivity (Wildman–Crippen MR) is 82.1 cm³/mol. The number of anilines is 2. The Morgan fingerprint density at radius 1 is 1.10 bits per heavy atom. The molecule has 0 bridgehead atoms. The Morgan fingerprint density at radius 2 is 1.80 bits per heavy atom. The van der Waals surface area contributed by atoms with E-state index in [9.17, 15) is 4.79 Å². The van der Waals surface area contributed by atoms with Crippen molar-refractivity contribution in [1.82, 2.24) is 0 Å². The fourth-order valence-corrected chi connectivity index (χ4v) is 2.56. The lowest BCUT2D eigenvalue weighted by Gasteiger charge is -2.26. The van der Waals surface area contributed by atoms with E-state index in [1.807, 2.05) is 36.2 Å². The number of para-hydroxylation sites is 1. The Kier molecular flexibility index (Phi) is 3.18. The molecule has 0 saturated carbocycles. The van der Waals surface area contributed by atoms with Gasteiger partial charge in [-0.15, -0.1) is 0 Å². The van der Waals surface area contributed by atoms with Crippen LogP contribution in [0.15, 0.2) is 48.5 Å². The largest absolute Gasteiger partial charge is 0.356 e. The van der Waals surface area contributed by atoms with Crippen LogP contribution in [0.3, 0.4) is 0 Å². The molecule has 3 rings (SSSR count). The van der Waals surface area contributed by atoms with Gasteiger partial charge in [0, 0.05) is 18.4 Å². The van der Waals surface area contributed by atoms with Gasteiger partial charge in [-0.25, -0.2) is 0 Å². The molecule has 1 aliphatic heterocycles. The SMILES string of the molecule is Cc1ccc(N(C)CN2C(=O)Cc3ccccc32)cc1. The maximum absolute atomic E-state index is 12.2. The van der Waals surface area contributed by atoms with Crippen LogP contribution in [0.5, 0.6) is 0 Å². The maximum atomic E-state index is 12.2. The van der Waals surface area contributed by atoms with Crippen molar-refractivity contribution in [3.8, 4) is 0 Å². The summed E-state index contributed by atoms with van der Waals surface area (Å²) in [5.41, 5.74) is 4.52. The third kappa shape index (κ3) is 2.27. The van der Waals surface area contributed by atoms with E-state index >= 15 is 0 Å². The molecule has 0 aliphatic carbocycles. The summed E-state index contributed by atoms with van der Waals surface area (Å²) in [6.07, 6.45) is 0.512. The molecule has 0 N–H and O–H groups in total. The average Bonchev–Trinajstić information content (AvgIpc) is 2.76. The van der Waals surface area contributed by atoms with Crippen molar-refractivity contribution >= 4 is 17.3 Å². The van der Waals surface area contributed by atoms with Gasteiger partial charge in [-0.05, 0) is 30.7 Å². The molecule has 3 heteroatoms. The van der Waals surface area contributed by atoms with Crippen molar-refractivity contribution in [2.45, 2.75) is 13.3 Å². The van der Waals surface area contributed by atoms with Crippen molar-refractivity contribution in [3.05, 3.63) is 59.7 Å². The van der Waals surface area contributed by atoms with E-state index in [-0.39, 0.29) is 5.91 Å². The summed E-state index contributed by atoms with van der Waals surface area (Å²) in [5.74, 6) is 0.171. The summed E-state index contributed by atoms with van der Waals surface area (Å²) in [7, 11) is 2.01. The van der Waals surface area contributed by atoms with Crippen LogP contribution in [0, 0.1) is 6.92 Å². The van der Waals surface area contributed by atoms with Crippen molar-refractivity contribution in [3.63, 3.8) is 0 Å². The fraction of sp³-hybridized carbons (Fsp3) is 0.235. The molecule has 3 nitrogen and oxygen atoms in total. The first kappa shape index (κ1) is 12.7.